The van der Waals surface area contributed by atoms with E-state index in [-0.39, 0.29) is 24.4 Å². The summed E-state index contributed by atoms with van der Waals surface area (Å²) >= 11 is 0. The zero-order valence-corrected chi connectivity index (χ0v) is 13.9. The molecule has 1 amide bonds. The van der Waals surface area contributed by atoms with Crippen LogP contribution in [0.4, 0.5) is 5.69 Å². The van der Waals surface area contributed by atoms with Gasteiger partial charge in [-0.2, -0.15) is 0 Å². The number of nitrogens with one attached hydrogen (secondary N) is 1. The maximum Gasteiger partial charge on any atom is 0.309 e. The molecule has 1 aliphatic rings. The second-order valence-corrected chi connectivity index (χ2v) is 6.05. The van der Waals surface area contributed by atoms with Gasteiger partial charge in [0.1, 0.15) is 5.75 Å². The van der Waals surface area contributed by atoms with E-state index in [1.165, 1.54) is 0 Å². The maximum absolute atomic E-state index is 12.1. The number of carbonyl (C=O) groups excluding carboxylic acids is 2. The summed E-state index contributed by atoms with van der Waals surface area (Å²) in [6.07, 6.45) is 3.81. The number of carbonyl (C=O) groups is 2. The van der Waals surface area contributed by atoms with Crippen LogP contribution in [-0.2, 0) is 14.3 Å². The van der Waals surface area contributed by atoms with Crippen LogP contribution in [-0.4, -0.2) is 18.5 Å². The summed E-state index contributed by atoms with van der Waals surface area (Å²) in [6, 6.07) is 16.5. The molecule has 0 aromatic heterocycles. The van der Waals surface area contributed by atoms with Gasteiger partial charge >= 0.3 is 5.97 Å². The van der Waals surface area contributed by atoms with Gasteiger partial charge in [-0.1, -0.05) is 43.2 Å². The Morgan fingerprint density at radius 3 is 2.40 bits per heavy atom. The summed E-state index contributed by atoms with van der Waals surface area (Å²) in [4.78, 5) is 24.0. The summed E-state index contributed by atoms with van der Waals surface area (Å²) in [5.74, 6) is 0.499. The molecule has 25 heavy (non-hydrogen) atoms. The summed E-state index contributed by atoms with van der Waals surface area (Å²) in [6.45, 7) is -0.283. The van der Waals surface area contributed by atoms with E-state index in [9.17, 15) is 9.59 Å². The van der Waals surface area contributed by atoms with Crippen LogP contribution < -0.4 is 10.1 Å². The number of amides is 1. The number of hydrogen-bond acceptors (Lipinski definition) is 4. The third-order valence-electron chi connectivity index (χ3n) is 4.17. The first-order valence-corrected chi connectivity index (χ1v) is 8.51. The molecule has 1 saturated carbocycles. The predicted octanol–water partition coefficient (Wildman–Crippen LogP) is 4.15. The van der Waals surface area contributed by atoms with Crippen molar-refractivity contribution in [2.75, 3.05) is 11.9 Å². The molecule has 1 fully saturated rings. The number of esters is 1. The van der Waals surface area contributed by atoms with Gasteiger partial charge in [0.2, 0.25) is 0 Å². The van der Waals surface area contributed by atoms with E-state index in [4.69, 9.17) is 9.47 Å². The number of hydrogen-bond donors (Lipinski definition) is 1. The van der Waals surface area contributed by atoms with Crippen LogP contribution >= 0.6 is 0 Å². The molecule has 2 aromatic rings. The van der Waals surface area contributed by atoms with Crippen molar-refractivity contribution >= 4 is 17.6 Å². The quantitative estimate of drug-likeness (QED) is 0.803. The van der Waals surface area contributed by atoms with Gasteiger partial charge in [0, 0.05) is 0 Å². The molecule has 0 radical (unpaired) electrons. The third-order valence-corrected chi connectivity index (χ3v) is 4.17. The molecule has 0 atom stereocenters. The van der Waals surface area contributed by atoms with E-state index >= 15 is 0 Å². The smallest absolute Gasteiger partial charge is 0.309 e. The van der Waals surface area contributed by atoms with Crippen LogP contribution in [0.2, 0.25) is 0 Å². The lowest BCUT2D eigenvalue weighted by Crippen LogP contribution is -2.23. The molecule has 3 rings (SSSR count). The minimum absolute atomic E-state index is 0.0542. The van der Waals surface area contributed by atoms with Gasteiger partial charge in [0.25, 0.3) is 5.91 Å². The molecule has 0 bridgehead atoms. The topological polar surface area (TPSA) is 64.6 Å². The summed E-state index contributed by atoms with van der Waals surface area (Å²) < 4.78 is 10.9. The first-order valence-electron chi connectivity index (χ1n) is 8.51. The number of rotatable bonds is 6. The number of anilines is 1. The highest BCUT2D eigenvalue weighted by Gasteiger charge is 2.24. The van der Waals surface area contributed by atoms with E-state index in [0.29, 0.717) is 17.2 Å². The van der Waals surface area contributed by atoms with Crippen molar-refractivity contribution in [3.05, 3.63) is 54.6 Å². The average molecular weight is 339 g/mol. The van der Waals surface area contributed by atoms with Crippen LogP contribution in [0.5, 0.6) is 11.5 Å². The maximum atomic E-state index is 12.1. The lowest BCUT2D eigenvalue weighted by Gasteiger charge is -2.13. The Morgan fingerprint density at radius 1 is 0.960 bits per heavy atom. The lowest BCUT2D eigenvalue weighted by atomic mass is 10.1. The van der Waals surface area contributed by atoms with Gasteiger partial charge < -0.3 is 14.8 Å². The molecule has 0 aliphatic heterocycles. The Morgan fingerprint density at radius 2 is 1.64 bits per heavy atom. The van der Waals surface area contributed by atoms with Crippen molar-refractivity contribution in [1.29, 1.82) is 0 Å². The lowest BCUT2D eigenvalue weighted by molar-refractivity contribution is -0.151. The largest absolute Gasteiger partial charge is 0.455 e. The molecule has 0 saturated heterocycles. The van der Waals surface area contributed by atoms with Crippen molar-refractivity contribution in [2.45, 2.75) is 25.7 Å². The highest BCUT2D eigenvalue weighted by molar-refractivity contribution is 5.94. The highest BCUT2D eigenvalue weighted by Crippen LogP contribution is 2.29. The zero-order valence-electron chi connectivity index (χ0n) is 13.9. The van der Waals surface area contributed by atoms with E-state index in [2.05, 4.69) is 5.32 Å². The Bertz CT molecular complexity index is 723. The molecular weight excluding hydrogens is 318 g/mol. The second-order valence-electron chi connectivity index (χ2n) is 6.05. The molecule has 0 unspecified atom stereocenters. The highest BCUT2D eigenvalue weighted by atomic mass is 16.5. The van der Waals surface area contributed by atoms with E-state index in [1.54, 1.807) is 18.2 Å². The Kier molecular flexibility index (Phi) is 5.67. The number of ether oxygens (including phenoxy) is 2. The van der Waals surface area contributed by atoms with Crippen molar-refractivity contribution in [3.8, 4) is 11.5 Å². The van der Waals surface area contributed by atoms with Crippen molar-refractivity contribution in [2.24, 2.45) is 5.92 Å². The minimum atomic E-state index is -0.379. The van der Waals surface area contributed by atoms with Gasteiger partial charge in [-0.3, -0.25) is 9.59 Å². The van der Waals surface area contributed by atoms with Crippen LogP contribution in [0.25, 0.3) is 0 Å². The Hall–Kier alpha value is -2.82. The number of para-hydroxylation sites is 3. The fourth-order valence-electron chi connectivity index (χ4n) is 2.88. The van der Waals surface area contributed by atoms with Crippen LogP contribution in [0, 0.1) is 5.92 Å². The van der Waals surface area contributed by atoms with Crippen LogP contribution in [0.15, 0.2) is 54.6 Å². The van der Waals surface area contributed by atoms with Crippen molar-refractivity contribution < 1.29 is 19.1 Å². The average Bonchev–Trinajstić information content (AvgIpc) is 3.17. The van der Waals surface area contributed by atoms with Crippen molar-refractivity contribution in [1.82, 2.24) is 0 Å². The molecule has 0 spiro atoms. The molecule has 1 aliphatic carbocycles. The van der Waals surface area contributed by atoms with Crippen LogP contribution in [0.3, 0.4) is 0 Å². The minimum Gasteiger partial charge on any atom is -0.455 e. The van der Waals surface area contributed by atoms with Gasteiger partial charge in [0.15, 0.2) is 12.4 Å². The van der Waals surface area contributed by atoms with Gasteiger partial charge in [-0.05, 0) is 37.1 Å². The summed E-state index contributed by atoms with van der Waals surface area (Å²) in [7, 11) is 0. The molecule has 0 heterocycles. The molecule has 5 heteroatoms. The van der Waals surface area contributed by atoms with E-state index in [1.807, 2.05) is 36.4 Å². The van der Waals surface area contributed by atoms with Gasteiger partial charge in [-0.25, -0.2) is 0 Å². The summed E-state index contributed by atoms with van der Waals surface area (Å²) in [5.41, 5.74) is 0.535. The standard InChI is InChI=1S/C20H21NO4/c22-19(14-24-20(23)15-8-4-5-9-15)21-17-12-6-7-13-18(17)25-16-10-2-1-3-11-16/h1-3,6-7,10-13,15H,4-5,8-9,14H2,(H,21,22). The summed E-state index contributed by atoms with van der Waals surface area (Å²) in [5, 5.41) is 2.74. The molecule has 5 nitrogen and oxygen atoms in total. The fourth-order valence-corrected chi connectivity index (χ4v) is 2.88. The molecule has 2 aromatic carbocycles. The first kappa shape index (κ1) is 17.0. The van der Waals surface area contributed by atoms with E-state index < -0.39 is 0 Å². The Balaban J connectivity index is 1.56. The normalized spacial score (nSPS) is 14.1. The zero-order chi connectivity index (χ0) is 17.5. The Labute approximate surface area is 147 Å². The van der Waals surface area contributed by atoms with E-state index in [0.717, 1.165) is 25.7 Å². The first-order chi connectivity index (χ1) is 12.2. The fraction of sp³-hybridized carbons (Fsp3) is 0.300. The third kappa shape index (κ3) is 4.83. The van der Waals surface area contributed by atoms with Gasteiger partial charge in [0.05, 0.1) is 11.6 Å². The molecule has 130 valence electrons. The van der Waals surface area contributed by atoms with Gasteiger partial charge in [-0.15, -0.1) is 0 Å². The second kappa shape index (κ2) is 8.33. The number of benzene rings is 2. The molecule has 1 N–H and O–H groups in total. The monoisotopic (exact) mass is 339 g/mol. The van der Waals surface area contributed by atoms with Crippen LogP contribution in [0.1, 0.15) is 25.7 Å². The predicted molar refractivity (Wildman–Crippen MR) is 94.5 cm³/mol. The molecular formula is C20H21NO4. The SMILES string of the molecule is O=C(COC(=O)C1CCCC1)Nc1ccccc1Oc1ccccc1. The van der Waals surface area contributed by atoms with Crippen molar-refractivity contribution in [3.63, 3.8) is 0 Å².